The third-order valence-electron chi connectivity index (χ3n) is 2.63. The first-order valence-electron chi connectivity index (χ1n) is 5.69. The van der Waals surface area contributed by atoms with Crippen LogP contribution in [0, 0.1) is 28.9 Å². The fourth-order valence-electron chi connectivity index (χ4n) is 1.58. The first kappa shape index (κ1) is 12.7. The summed E-state index contributed by atoms with van der Waals surface area (Å²) in [5.41, 5.74) is 9.07. The number of benzene rings is 2. The summed E-state index contributed by atoms with van der Waals surface area (Å²) in [5, 5.41) is 10.5. The Labute approximate surface area is 111 Å². The molecule has 0 heterocycles. The minimum atomic E-state index is -0.435. The zero-order valence-corrected chi connectivity index (χ0v) is 10.4. The maximum atomic E-state index is 10.5. The van der Waals surface area contributed by atoms with E-state index in [1.807, 2.05) is 25.1 Å². The van der Waals surface area contributed by atoms with Crippen LogP contribution in [0.25, 0.3) is 0 Å². The molecule has 0 bridgehead atoms. The first-order chi connectivity index (χ1) is 9.06. The van der Waals surface area contributed by atoms with Crippen molar-refractivity contribution in [2.75, 3.05) is 5.73 Å². The Morgan fingerprint density at radius 3 is 2.42 bits per heavy atom. The van der Waals surface area contributed by atoms with Crippen molar-refractivity contribution in [3.05, 3.63) is 69.3 Å². The van der Waals surface area contributed by atoms with Gasteiger partial charge in [0.1, 0.15) is 0 Å². The molecule has 94 valence electrons. The van der Waals surface area contributed by atoms with Crippen LogP contribution in [-0.4, -0.2) is 4.92 Å². The molecule has 2 aromatic rings. The molecule has 2 N–H and O–H groups in total. The average molecular weight is 252 g/mol. The molecule has 2 aromatic carbocycles. The zero-order chi connectivity index (χ0) is 13.8. The molecule has 0 aliphatic heterocycles. The van der Waals surface area contributed by atoms with Gasteiger partial charge < -0.3 is 5.73 Å². The van der Waals surface area contributed by atoms with Crippen molar-refractivity contribution in [2.24, 2.45) is 0 Å². The second-order valence-corrected chi connectivity index (χ2v) is 4.14. The summed E-state index contributed by atoms with van der Waals surface area (Å²) >= 11 is 0. The number of nitrogen functional groups attached to an aromatic ring is 1. The lowest BCUT2D eigenvalue weighted by atomic mass is 10.1. The van der Waals surface area contributed by atoms with E-state index >= 15 is 0 Å². The summed E-state index contributed by atoms with van der Waals surface area (Å²) in [6, 6.07) is 11.8. The van der Waals surface area contributed by atoms with Crippen LogP contribution < -0.4 is 5.73 Å². The summed E-state index contributed by atoms with van der Waals surface area (Å²) in [7, 11) is 0. The zero-order valence-electron chi connectivity index (χ0n) is 10.4. The van der Waals surface area contributed by atoms with Gasteiger partial charge in [0, 0.05) is 28.9 Å². The highest BCUT2D eigenvalue weighted by Crippen LogP contribution is 2.14. The van der Waals surface area contributed by atoms with E-state index in [1.54, 1.807) is 12.1 Å². The van der Waals surface area contributed by atoms with Gasteiger partial charge in [-0.1, -0.05) is 17.9 Å². The van der Waals surface area contributed by atoms with Crippen molar-refractivity contribution >= 4 is 11.4 Å². The van der Waals surface area contributed by atoms with Crippen LogP contribution in [-0.2, 0) is 0 Å². The Morgan fingerprint density at radius 2 is 1.79 bits per heavy atom. The Kier molecular flexibility index (Phi) is 3.48. The van der Waals surface area contributed by atoms with E-state index in [-0.39, 0.29) is 5.69 Å². The van der Waals surface area contributed by atoms with E-state index in [0.29, 0.717) is 11.3 Å². The van der Waals surface area contributed by atoms with E-state index in [4.69, 9.17) is 5.73 Å². The number of hydrogen-bond acceptors (Lipinski definition) is 3. The van der Waals surface area contributed by atoms with Crippen molar-refractivity contribution in [1.29, 1.82) is 0 Å². The van der Waals surface area contributed by atoms with Gasteiger partial charge in [0.2, 0.25) is 0 Å². The number of non-ortho nitro benzene ring substituents is 1. The topological polar surface area (TPSA) is 69.2 Å². The number of nitrogens with two attached hydrogens (primary N) is 1. The number of aryl methyl sites for hydroxylation is 1. The molecule has 0 radical (unpaired) electrons. The van der Waals surface area contributed by atoms with E-state index in [2.05, 4.69) is 11.8 Å². The van der Waals surface area contributed by atoms with E-state index in [0.717, 1.165) is 11.1 Å². The maximum absolute atomic E-state index is 10.5. The van der Waals surface area contributed by atoms with Gasteiger partial charge in [0.05, 0.1) is 4.92 Å². The number of nitro groups is 1. The van der Waals surface area contributed by atoms with Gasteiger partial charge >= 0.3 is 0 Å². The molecule has 4 heteroatoms. The molecule has 0 saturated heterocycles. The predicted octanol–water partition coefficient (Wildman–Crippen LogP) is 2.89. The van der Waals surface area contributed by atoms with Gasteiger partial charge in [-0.15, -0.1) is 0 Å². The Balaban J connectivity index is 2.28. The minimum Gasteiger partial charge on any atom is -0.398 e. The van der Waals surface area contributed by atoms with Crippen LogP contribution in [0.3, 0.4) is 0 Å². The van der Waals surface area contributed by atoms with Crippen LogP contribution in [0.4, 0.5) is 11.4 Å². The molecule has 19 heavy (non-hydrogen) atoms. The van der Waals surface area contributed by atoms with Crippen molar-refractivity contribution in [1.82, 2.24) is 0 Å². The number of hydrogen-bond donors (Lipinski definition) is 1. The first-order valence-corrected chi connectivity index (χ1v) is 5.69. The average Bonchev–Trinajstić information content (AvgIpc) is 2.40. The lowest BCUT2D eigenvalue weighted by Crippen LogP contribution is -1.90. The molecular weight excluding hydrogens is 240 g/mol. The third-order valence-corrected chi connectivity index (χ3v) is 2.63. The highest BCUT2D eigenvalue weighted by Gasteiger charge is 2.02. The van der Waals surface area contributed by atoms with Crippen LogP contribution in [0.5, 0.6) is 0 Å². The highest BCUT2D eigenvalue weighted by molar-refractivity contribution is 5.58. The summed E-state index contributed by atoms with van der Waals surface area (Å²) in [6.45, 7) is 1.97. The molecular formula is C15H12N2O2. The quantitative estimate of drug-likeness (QED) is 0.367. The molecule has 0 aromatic heterocycles. The van der Waals surface area contributed by atoms with Crippen molar-refractivity contribution < 1.29 is 4.92 Å². The molecule has 0 aliphatic rings. The highest BCUT2D eigenvalue weighted by atomic mass is 16.6. The largest absolute Gasteiger partial charge is 0.398 e. The Bertz CT molecular complexity index is 680. The molecule has 0 spiro atoms. The van der Waals surface area contributed by atoms with Crippen LogP contribution >= 0.6 is 0 Å². The summed E-state index contributed by atoms with van der Waals surface area (Å²) in [5.74, 6) is 5.92. The van der Waals surface area contributed by atoms with Gasteiger partial charge in [-0.05, 0) is 36.8 Å². The second-order valence-electron chi connectivity index (χ2n) is 4.14. The SMILES string of the molecule is Cc1ccc(N)c(C#Cc2ccc([N+](=O)[O-])cc2)c1. The standard InChI is InChI=1S/C15H12N2O2/c1-11-2-9-15(16)13(10-11)6-3-12-4-7-14(8-5-12)17(18)19/h2,4-5,7-10H,16H2,1H3. The molecule has 0 fully saturated rings. The second kappa shape index (κ2) is 5.23. The van der Waals surface area contributed by atoms with Gasteiger partial charge in [0.25, 0.3) is 5.69 Å². The van der Waals surface area contributed by atoms with Gasteiger partial charge in [-0.3, -0.25) is 10.1 Å². The normalized spacial score (nSPS) is 9.53. The fraction of sp³-hybridized carbons (Fsp3) is 0.0667. The van der Waals surface area contributed by atoms with Crippen LogP contribution in [0.15, 0.2) is 42.5 Å². The van der Waals surface area contributed by atoms with E-state index < -0.39 is 4.92 Å². The monoisotopic (exact) mass is 252 g/mol. The number of nitro benzene ring substituents is 1. The molecule has 0 aliphatic carbocycles. The predicted molar refractivity (Wildman–Crippen MR) is 74.7 cm³/mol. The molecule has 0 atom stereocenters. The van der Waals surface area contributed by atoms with Crippen molar-refractivity contribution in [3.8, 4) is 11.8 Å². The molecule has 2 rings (SSSR count). The molecule has 0 saturated carbocycles. The van der Waals surface area contributed by atoms with Crippen LogP contribution in [0.1, 0.15) is 16.7 Å². The van der Waals surface area contributed by atoms with Crippen molar-refractivity contribution in [3.63, 3.8) is 0 Å². The number of nitrogens with zero attached hydrogens (tertiary/aromatic N) is 1. The van der Waals surface area contributed by atoms with E-state index in [1.165, 1.54) is 12.1 Å². The summed E-state index contributed by atoms with van der Waals surface area (Å²) < 4.78 is 0. The summed E-state index contributed by atoms with van der Waals surface area (Å²) in [4.78, 5) is 10.1. The molecule has 0 amide bonds. The lowest BCUT2D eigenvalue weighted by molar-refractivity contribution is -0.384. The molecule has 0 unspecified atom stereocenters. The third kappa shape index (κ3) is 3.11. The number of anilines is 1. The van der Waals surface area contributed by atoms with Gasteiger partial charge in [-0.25, -0.2) is 0 Å². The fourth-order valence-corrected chi connectivity index (χ4v) is 1.58. The van der Waals surface area contributed by atoms with Gasteiger partial charge in [-0.2, -0.15) is 0 Å². The van der Waals surface area contributed by atoms with E-state index in [9.17, 15) is 10.1 Å². The van der Waals surface area contributed by atoms with Crippen molar-refractivity contribution in [2.45, 2.75) is 6.92 Å². The Hall–Kier alpha value is -2.80. The lowest BCUT2D eigenvalue weighted by Gasteiger charge is -1.99. The number of rotatable bonds is 1. The van der Waals surface area contributed by atoms with Crippen LogP contribution in [0.2, 0.25) is 0 Å². The Morgan fingerprint density at radius 1 is 1.11 bits per heavy atom. The van der Waals surface area contributed by atoms with Gasteiger partial charge in [0.15, 0.2) is 0 Å². The smallest absolute Gasteiger partial charge is 0.269 e. The summed E-state index contributed by atoms with van der Waals surface area (Å²) in [6.07, 6.45) is 0. The molecule has 4 nitrogen and oxygen atoms in total. The minimum absolute atomic E-state index is 0.0561. The maximum Gasteiger partial charge on any atom is 0.269 e.